The minimum Gasteiger partial charge on any atom is -0.469 e. The molecular formula is C12H13NO3. The van der Waals surface area contributed by atoms with Crippen molar-refractivity contribution in [3.8, 4) is 0 Å². The lowest BCUT2D eigenvalue weighted by atomic mass is 10.1. The first kappa shape index (κ1) is 10.7. The van der Waals surface area contributed by atoms with Crippen LogP contribution in [-0.4, -0.2) is 24.9 Å². The summed E-state index contributed by atoms with van der Waals surface area (Å²) < 4.78 is 4.47. The summed E-state index contributed by atoms with van der Waals surface area (Å²) in [5.41, 5.74) is 2.09. The van der Waals surface area contributed by atoms with Crippen LogP contribution in [0.15, 0.2) is 24.3 Å². The zero-order chi connectivity index (χ0) is 11.5. The summed E-state index contributed by atoms with van der Waals surface area (Å²) in [6.45, 7) is 0. The van der Waals surface area contributed by atoms with Crippen LogP contribution in [0, 0.1) is 0 Å². The number of esters is 1. The Balaban J connectivity index is 2.01. The zero-order valence-corrected chi connectivity index (χ0v) is 9.03. The van der Waals surface area contributed by atoms with Crippen LogP contribution >= 0.6 is 0 Å². The third-order valence-corrected chi connectivity index (χ3v) is 2.71. The molecule has 1 aromatic carbocycles. The number of methoxy groups -OCH3 is 1. The van der Waals surface area contributed by atoms with Crippen molar-refractivity contribution in [1.82, 2.24) is 0 Å². The molecule has 1 unspecified atom stereocenters. The topological polar surface area (TPSA) is 55.4 Å². The van der Waals surface area contributed by atoms with Crippen molar-refractivity contribution in [2.24, 2.45) is 0 Å². The maximum absolute atomic E-state index is 11.7. The van der Waals surface area contributed by atoms with Gasteiger partial charge in [0.2, 0.25) is 0 Å². The molecule has 0 saturated carbocycles. The highest BCUT2D eigenvalue weighted by Crippen LogP contribution is 2.25. The molecule has 4 nitrogen and oxygen atoms in total. The van der Waals surface area contributed by atoms with Crippen molar-refractivity contribution in [3.63, 3.8) is 0 Å². The summed E-state index contributed by atoms with van der Waals surface area (Å²) in [6.07, 6.45) is 0.480. The normalized spacial score (nSPS) is 17.4. The first-order valence-corrected chi connectivity index (χ1v) is 5.14. The van der Waals surface area contributed by atoms with Crippen molar-refractivity contribution in [2.75, 3.05) is 12.4 Å². The van der Waals surface area contributed by atoms with Crippen LogP contribution in [0.5, 0.6) is 0 Å². The minimum absolute atomic E-state index is 0.122. The van der Waals surface area contributed by atoms with Gasteiger partial charge in [-0.1, -0.05) is 18.2 Å². The van der Waals surface area contributed by atoms with Crippen LogP contribution in [-0.2, 0) is 20.7 Å². The Bertz CT molecular complexity index is 403. The SMILES string of the molecule is COC(=O)CC(=O)C1Cc2ccccc2N1. The van der Waals surface area contributed by atoms with Gasteiger partial charge in [0.1, 0.15) is 6.42 Å². The van der Waals surface area contributed by atoms with E-state index in [9.17, 15) is 9.59 Å². The van der Waals surface area contributed by atoms with E-state index < -0.39 is 5.97 Å². The quantitative estimate of drug-likeness (QED) is 0.612. The molecule has 2 rings (SSSR count). The average Bonchev–Trinajstić information content (AvgIpc) is 2.72. The van der Waals surface area contributed by atoms with Gasteiger partial charge in [-0.3, -0.25) is 9.59 Å². The molecule has 16 heavy (non-hydrogen) atoms. The summed E-state index contributed by atoms with van der Waals surface area (Å²) in [4.78, 5) is 22.7. The number of hydrogen-bond donors (Lipinski definition) is 1. The first-order valence-electron chi connectivity index (χ1n) is 5.14. The summed E-state index contributed by atoms with van der Waals surface area (Å²) in [7, 11) is 1.28. The second-order valence-electron chi connectivity index (χ2n) is 3.78. The summed E-state index contributed by atoms with van der Waals surface area (Å²) in [5, 5.41) is 3.11. The molecule has 1 aromatic rings. The van der Waals surface area contributed by atoms with Crippen molar-refractivity contribution in [1.29, 1.82) is 0 Å². The van der Waals surface area contributed by atoms with E-state index in [4.69, 9.17) is 0 Å². The molecule has 0 radical (unpaired) electrons. The molecule has 84 valence electrons. The van der Waals surface area contributed by atoms with Crippen LogP contribution in [0.2, 0.25) is 0 Å². The van der Waals surface area contributed by atoms with Gasteiger partial charge < -0.3 is 10.1 Å². The van der Waals surface area contributed by atoms with Crippen molar-refractivity contribution in [2.45, 2.75) is 18.9 Å². The largest absolute Gasteiger partial charge is 0.469 e. The predicted octanol–water partition coefficient (Wildman–Crippen LogP) is 1.16. The standard InChI is InChI=1S/C12H13NO3/c1-16-12(15)7-11(14)10-6-8-4-2-3-5-9(8)13-10/h2-5,10,13H,6-7H2,1H3. The smallest absolute Gasteiger partial charge is 0.313 e. The lowest BCUT2D eigenvalue weighted by molar-refractivity contribution is -0.143. The number of benzene rings is 1. The molecule has 0 fully saturated rings. The lowest BCUT2D eigenvalue weighted by Crippen LogP contribution is -2.29. The molecule has 0 bridgehead atoms. The number of fused-ring (bicyclic) bond motifs is 1. The van der Waals surface area contributed by atoms with Gasteiger partial charge in [-0.25, -0.2) is 0 Å². The van der Waals surface area contributed by atoms with Crippen LogP contribution in [0.1, 0.15) is 12.0 Å². The highest BCUT2D eigenvalue weighted by molar-refractivity contribution is 6.00. The number of Topliss-reactive ketones (excluding diaryl/α,β-unsaturated/α-hetero) is 1. The Kier molecular flexibility index (Phi) is 2.90. The molecule has 4 heteroatoms. The molecule has 1 heterocycles. The molecule has 0 aliphatic carbocycles. The predicted molar refractivity (Wildman–Crippen MR) is 59.2 cm³/mol. The van der Waals surface area contributed by atoms with E-state index in [1.807, 2.05) is 24.3 Å². The Morgan fingerprint density at radius 2 is 2.19 bits per heavy atom. The van der Waals surface area contributed by atoms with E-state index in [0.717, 1.165) is 11.3 Å². The fraction of sp³-hybridized carbons (Fsp3) is 0.333. The highest BCUT2D eigenvalue weighted by atomic mass is 16.5. The van der Waals surface area contributed by atoms with Gasteiger partial charge in [-0.05, 0) is 11.6 Å². The molecule has 0 amide bonds. The number of carbonyl (C=O) groups is 2. The van der Waals surface area contributed by atoms with Gasteiger partial charge >= 0.3 is 5.97 Å². The monoisotopic (exact) mass is 219 g/mol. The van der Waals surface area contributed by atoms with Crippen molar-refractivity contribution < 1.29 is 14.3 Å². The van der Waals surface area contributed by atoms with Crippen LogP contribution in [0.4, 0.5) is 5.69 Å². The number of anilines is 1. The second-order valence-corrected chi connectivity index (χ2v) is 3.78. The average molecular weight is 219 g/mol. The van der Waals surface area contributed by atoms with Gasteiger partial charge in [0.05, 0.1) is 13.2 Å². The molecule has 1 aliphatic heterocycles. The summed E-state index contributed by atoms with van der Waals surface area (Å²) in [6, 6.07) is 7.47. The van der Waals surface area contributed by atoms with Crippen molar-refractivity contribution in [3.05, 3.63) is 29.8 Å². The number of hydrogen-bond acceptors (Lipinski definition) is 4. The van der Waals surface area contributed by atoms with Gasteiger partial charge in [0.15, 0.2) is 5.78 Å². The van der Waals surface area contributed by atoms with Gasteiger partial charge in [0.25, 0.3) is 0 Å². The van der Waals surface area contributed by atoms with Gasteiger partial charge in [-0.2, -0.15) is 0 Å². The van der Waals surface area contributed by atoms with Gasteiger partial charge in [0, 0.05) is 12.1 Å². The third-order valence-electron chi connectivity index (χ3n) is 2.71. The van der Waals surface area contributed by atoms with Crippen LogP contribution in [0.3, 0.4) is 0 Å². The Morgan fingerprint density at radius 1 is 1.44 bits per heavy atom. The van der Waals surface area contributed by atoms with Gasteiger partial charge in [-0.15, -0.1) is 0 Å². The lowest BCUT2D eigenvalue weighted by Gasteiger charge is -2.08. The molecule has 0 spiro atoms. The number of ether oxygens (including phenoxy) is 1. The molecule has 1 aliphatic rings. The number of nitrogens with one attached hydrogen (secondary N) is 1. The van der Waals surface area contributed by atoms with E-state index in [1.54, 1.807) is 0 Å². The summed E-state index contributed by atoms with van der Waals surface area (Å²) >= 11 is 0. The molecule has 1 atom stereocenters. The van der Waals surface area contributed by atoms with E-state index >= 15 is 0 Å². The molecular weight excluding hydrogens is 206 g/mol. The van der Waals surface area contributed by atoms with Crippen molar-refractivity contribution >= 4 is 17.4 Å². The summed E-state index contributed by atoms with van der Waals surface area (Å²) in [5.74, 6) is -0.606. The third kappa shape index (κ3) is 2.05. The number of rotatable bonds is 3. The number of para-hydroxylation sites is 1. The maximum Gasteiger partial charge on any atom is 0.313 e. The van der Waals surface area contributed by atoms with E-state index in [2.05, 4.69) is 10.1 Å². The van der Waals surface area contributed by atoms with Crippen LogP contribution < -0.4 is 5.32 Å². The number of carbonyl (C=O) groups excluding carboxylic acids is 2. The maximum atomic E-state index is 11.7. The molecule has 0 aromatic heterocycles. The highest BCUT2D eigenvalue weighted by Gasteiger charge is 2.27. The Labute approximate surface area is 93.6 Å². The van der Waals surface area contributed by atoms with Crippen LogP contribution in [0.25, 0.3) is 0 Å². The minimum atomic E-state index is -0.484. The first-order chi connectivity index (χ1) is 7.70. The molecule has 1 N–H and O–H groups in total. The number of ketones is 1. The van der Waals surface area contributed by atoms with E-state index in [1.165, 1.54) is 7.11 Å². The second kappa shape index (κ2) is 4.35. The van der Waals surface area contributed by atoms with E-state index in [0.29, 0.717) is 6.42 Å². The Morgan fingerprint density at radius 3 is 2.88 bits per heavy atom. The fourth-order valence-corrected chi connectivity index (χ4v) is 1.83. The fourth-order valence-electron chi connectivity index (χ4n) is 1.83. The zero-order valence-electron chi connectivity index (χ0n) is 9.03. The Hall–Kier alpha value is -1.84. The van der Waals surface area contributed by atoms with E-state index in [-0.39, 0.29) is 18.2 Å². The molecule has 0 saturated heterocycles.